The first-order chi connectivity index (χ1) is 20.3. The summed E-state index contributed by atoms with van der Waals surface area (Å²) in [4.78, 5) is 39.3. The molecular weight excluding hydrogens is 563 g/mol. The Hall–Kier alpha value is -4.58. The number of nitrogens with one attached hydrogen (secondary N) is 3. The Bertz CT molecular complexity index is 1520. The summed E-state index contributed by atoms with van der Waals surface area (Å²) in [5.41, 5.74) is 0.971. The molecule has 0 bridgehead atoms. The van der Waals surface area contributed by atoms with Gasteiger partial charge in [-0.2, -0.15) is 5.10 Å². The summed E-state index contributed by atoms with van der Waals surface area (Å²) in [6.07, 6.45) is 0.405. The SMILES string of the molecule is [B]C(O)(O)NC(=O)c1nnc(NC(=O)C2CC2)cc1Nc1cccc(-c2cc(C(=O)N(C)CC(O)CO)n(C)n2)c1OC. The molecule has 16 nitrogen and oxygen atoms in total. The molecule has 3 amide bonds. The minimum absolute atomic E-state index is 0.0132. The third kappa shape index (κ3) is 7.64. The van der Waals surface area contributed by atoms with Crippen LogP contribution < -0.4 is 20.7 Å². The van der Waals surface area contributed by atoms with Gasteiger partial charge in [0, 0.05) is 38.2 Å². The van der Waals surface area contributed by atoms with Gasteiger partial charge in [-0.1, -0.05) is 6.07 Å². The van der Waals surface area contributed by atoms with Crippen molar-refractivity contribution in [3.63, 3.8) is 0 Å². The molecule has 4 rings (SSSR count). The molecule has 1 atom stereocenters. The summed E-state index contributed by atoms with van der Waals surface area (Å²) in [7, 11) is 9.57. The summed E-state index contributed by atoms with van der Waals surface area (Å²) >= 11 is 0. The van der Waals surface area contributed by atoms with Crippen LogP contribution in [0.25, 0.3) is 11.3 Å². The third-order valence-electron chi connectivity index (χ3n) is 6.41. The minimum atomic E-state index is -3.04. The minimum Gasteiger partial charge on any atom is -0.494 e. The van der Waals surface area contributed by atoms with Crippen molar-refractivity contribution in [2.24, 2.45) is 13.0 Å². The number of aliphatic hydroxyl groups excluding tert-OH is 2. The molecule has 226 valence electrons. The molecule has 2 heterocycles. The van der Waals surface area contributed by atoms with Crippen LogP contribution in [0.5, 0.6) is 5.75 Å². The van der Waals surface area contributed by atoms with Crippen LogP contribution in [0, 0.1) is 5.92 Å². The number of aryl methyl sites for hydroxylation is 1. The first kappa shape index (κ1) is 31.4. The zero-order valence-corrected chi connectivity index (χ0v) is 23.6. The highest BCUT2D eigenvalue weighted by Crippen LogP contribution is 2.38. The van der Waals surface area contributed by atoms with Gasteiger partial charge in [0.2, 0.25) is 5.91 Å². The van der Waals surface area contributed by atoms with Gasteiger partial charge in [-0.05, 0) is 31.0 Å². The molecule has 7 N–H and O–H groups in total. The van der Waals surface area contributed by atoms with Crippen molar-refractivity contribution in [2.75, 3.05) is 37.9 Å². The van der Waals surface area contributed by atoms with E-state index in [1.54, 1.807) is 30.6 Å². The Kier molecular flexibility index (Phi) is 9.29. The number of ether oxygens (including phenoxy) is 1. The van der Waals surface area contributed by atoms with Gasteiger partial charge in [0.25, 0.3) is 11.8 Å². The second-order valence-electron chi connectivity index (χ2n) is 10.0. The van der Waals surface area contributed by atoms with Crippen LogP contribution in [-0.4, -0.2) is 110 Å². The summed E-state index contributed by atoms with van der Waals surface area (Å²) in [5, 5.41) is 57.3. The summed E-state index contributed by atoms with van der Waals surface area (Å²) < 4.78 is 7.04. The van der Waals surface area contributed by atoms with Crippen molar-refractivity contribution >= 4 is 42.8 Å². The highest BCUT2D eigenvalue weighted by atomic mass is 16.5. The number of aliphatic hydroxyl groups is 4. The number of carbonyl (C=O) groups is 3. The number of hydrogen-bond acceptors (Lipinski definition) is 12. The number of rotatable bonds is 12. The summed E-state index contributed by atoms with van der Waals surface area (Å²) in [5.74, 6) is -4.64. The number of methoxy groups -OCH3 is 1. The smallest absolute Gasteiger partial charge is 0.277 e. The molecule has 1 saturated carbocycles. The number of para-hydroxylation sites is 1. The molecule has 1 unspecified atom stereocenters. The highest BCUT2D eigenvalue weighted by molar-refractivity contribution is 6.15. The molecule has 43 heavy (non-hydrogen) atoms. The van der Waals surface area contributed by atoms with Crippen LogP contribution in [0.2, 0.25) is 0 Å². The maximum Gasteiger partial charge on any atom is 0.277 e. The predicted octanol–water partition coefficient (Wildman–Crippen LogP) is -1.10. The van der Waals surface area contributed by atoms with Crippen molar-refractivity contribution in [1.29, 1.82) is 0 Å². The quantitative estimate of drug-likeness (QED) is 0.0980. The number of amides is 3. The molecule has 3 aromatic rings. The molecule has 0 saturated heterocycles. The van der Waals surface area contributed by atoms with Gasteiger partial charge in [-0.15, -0.1) is 10.2 Å². The van der Waals surface area contributed by atoms with E-state index in [0.29, 0.717) is 16.9 Å². The number of likely N-dealkylation sites (N-methyl/N-ethyl adjacent to an activating group) is 1. The molecular formula is C26H31BN8O8. The van der Waals surface area contributed by atoms with E-state index < -0.39 is 30.3 Å². The second-order valence-corrected chi connectivity index (χ2v) is 10.0. The lowest BCUT2D eigenvalue weighted by Gasteiger charge is -2.20. The van der Waals surface area contributed by atoms with Gasteiger partial charge >= 0.3 is 0 Å². The zero-order chi connectivity index (χ0) is 31.5. The van der Waals surface area contributed by atoms with Crippen LogP contribution in [0.15, 0.2) is 30.3 Å². The summed E-state index contributed by atoms with van der Waals surface area (Å²) in [6.45, 7) is -0.585. The summed E-state index contributed by atoms with van der Waals surface area (Å²) in [6, 6.07) is 7.86. The number of anilines is 3. The van der Waals surface area contributed by atoms with Crippen molar-refractivity contribution < 1.29 is 39.5 Å². The Balaban J connectivity index is 1.69. The normalized spacial score (nSPS) is 13.7. The highest BCUT2D eigenvalue weighted by Gasteiger charge is 2.31. The van der Waals surface area contributed by atoms with E-state index in [9.17, 15) is 29.7 Å². The molecule has 2 radical (unpaired) electrons. The van der Waals surface area contributed by atoms with Crippen LogP contribution in [0.4, 0.5) is 17.2 Å². The Morgan fingerprint density at radius 1 is 1.21 bits per heavy atom. The van der Waals surface area contributed by atoms with Crippen molar-refractivity contribution in [1.82, 2.24) is 30.2 Å². The van der Waals surface area contributed by atoms with E-state index in [1.165, 1.54) is 35.9 Å². The van der Waals surface area contributed by atoms with Crippen molar-refractivity contribution in [3.05, 3.63) is 41.7 Å². The second kappa shape index (κ2) is 12.7. The van der Waals surface area contributed by atoms with Gasteiger partial charge in [0.15, 0.2) is 30.9 Å². The lowest BCUT2D eigenvalue weighted by Crippen LogP contribution is -2.49. The van der Waals surface area contributed by atoms with Crippen LogP contribution in [0.3, 0.4) is 0 Å². The number of hydrogen-bond donors (Lipinski definition) is 7. The third-order valence-corrected chi connectivity index (χ3v) is 6.41. The fourth-order valence-electron chi connectivity index (χ4n) is 4.17. The lowest BCUT2D eigenvalue weighted by atomic mass is 10.0. The van der Waals surface area contributed by atoms with E-state index in [2.05, 4.69) is 25.9 Å². The Labute approximate surface area is 247 Å². The van der Waals surface area contributed by atoms with Crippen LogP contribution in [-0.2, 0) is 11.8 Å². The average Bonchev–Trinajstić information content (AvgIpc) is 3.73. The predicted molar refractivity (Wildman–Crippen MR) is 152 cm³/mol. The lowest BCUT2D eigenvalue weighted by molar-refractivity contribution is -0.117. The fourth-order valence-corrected chi connectivity index (χ4v) is 4.17. The number of nitrogens with zero attached hydrogens (tertiary/aromatic N) is 5. The maximum atomic E-state index is 13.0. The van der Waals surface area contributed by atoms with E-state index in [4.69, 9.17) is 17.7 Å². The molecule has 17 heteroatoms. The van der Waals surface area contributed by atoms with Gasteiger partial charge < -0.3 is 46.0 Å². The van der Waals surface area contributed by atoms with Gasteiger partial charge in [0.05, 0.1) is 36.9 Å². The van der Waals surface area contributed by atoms with Crippen molar-refractivity contribution in [2.45, 2.75) is 24.8 Å². The van der Waals surface area contributed by atoms with E-state index in [1.807, 2.05) is 0 Å². The Morgan fingerprint density at radius 3 is 2.56 bits per heavy atom. The molecule has 1 aromatic carbocycles. The van der Waals surface area contributed by atoms with E-state index >= 15 is 0 Å². The first-order valence-corrected chi connectivity index (χ1v) is 13.1. The number of aromatic nitrogens is 4. The number of carbonyl (C=O) groups excluding carboxylic acids is 3. The van der Waals surface area contributed by atoms with Gasteiger partial charge in [0.1, 0.15) is 5.69 Å². The van der Waals surface area contributed by atoms with E-state index in [0.717, 1.165) is 12.8 Å². The molecule has 2 aromatic heterocycles. The fraction of sp³-hybridized carbons (Fsp3) is 0.385. The first-order valence-electron chi connectivity index (χ1n) is 13.1. The zero-order valence-electron chi connectivity index (χ0n) is 23.6. The van der Waals surface area contributed by atoms with Crippen LogP contribution >= 0.6 is 0 Å². The van der Waals surface area contributed by atoms with Crippen LogP contribution in [0.1, 0.15) is 33.8 Å². The van der Waals surface area contributed by atoms with Crippen molar-refractivity contribution in [3.8, 4) is 17.0 Å². The van der Waals surface area contributed by atoms with Gasteiger partial charge in [-0.25, -0.2) is 0 Å². The molecule has 1 aliphatic rings. The Morgan fingerprint density at radius 2 is 1.93 bits per heavy atom. The topological polar surface area (TPSA) is 224 Å². The molecule has 1 aliphatic carbocycles. The van der Waals surface area contributed by atoms with Gasteiger partial charge in [-0.3, -0.25) is 19.1 Å². The largest absolute Gasteiger partial charge is 0.494 e. The molecule has 0 spiro atoms. The average molecular weight is 594 g/mol. The molecule has 1 fully saturated rings. The van der Waals surface area contributed by atoms with E-state index in [-0.39, 0.29) is 47.0 Å². The molecule has 0 aliphatic heterocycles. The standard InChI is InChI=1S/C26H31BN8O8/c1-34(11-14(37)12-36)25(40)19-9-17(33-35(19)2)15-5-4-6-16(22(15)43-3)28-18-10-20(29-23(38)13-7-8-13)31-32-21(18)24(39)30-26(27,41)42/h4-6,9-10,13-14,36-37,41-42H,7-8,11-12H2,1-3H3,(H,30,39)(H2,28,29,31,38). The maximum absolute atomic E-state index is 13.0. The number of benzene rings is 1. The monoisotopic (exact) mass is 594 g/mol.